The Hall–Kier alpha value is -3.02. The molecule has 4 rings (SSSR count). The Morgan fingerprint density at radius 3 is 2.92 bits per heavy atom. The zero-order valence-corrected chi connectivity index (χ0v) is 13.3. The molecule has 2 amide bonds. The predicted molar refractivity (Wildman–Crippen MR) is 91.4 cm³/mol. The van der Waals surface area contributed by atoms with Crippen molar-refractivity contribution in [1.82, 2.24) is 14.6 Å². The number of imidazole rings is 1. The zero-order valence-electron chi connectivity index (χ0n) is 13.3. The van der Waals surface area contributed by atoms with E-state index in [1.165, 1.54) is 0 Å². The molecule has 122 valence electrons. The summed E-state index contributed by atoms with van der Waals surface area (Å²) in [5, 5.41) is 0. The third-order valence-corrected chi connectivity index (χ3v) is 4.10. The lowest BCUT2D eigenvalue weighted by molar-refractivity contribution is 0.165. The van der Waals surface area contributed by atoms with E-state index in [9.17, 15) is 4.79 Å². The molecule has 1 aliphatic heterocycles. The number of urea groups is 1. The molecule has 0 spiro atoms. The molecule has 0 radical (unpaired) electrons. The number of para-hydroxylation sites is 3. The largest absolute Gasteiger partial charge is 0.489 e. The van der Waals surface area contributed by atoms with Crippen molar-refractivity contribution in [3.63, 3.8) is 0 Å². The maximum atomic E-state index is 12.7. The second-order valence-electron chi connectivity index (χ2n) is 5.94. The van der Waals surface area contributed by atoms with Gasteiger partial charge in [0, 0.05) is 5.56 Å². The van der Waals surface area contributed by atoms with Crippen LogP contribution in [-0.4, -0.2) is 33.2 Å². The summed E-state index contributed by atoms with van der Waals surface area (Å²) in [5.74, 6) is 0.841. The first-order chi connectivity index (χ1) is 11.7. The minimum absolute atomic E-state index is 0.0704. The van der Waals surface area contributed by atoms with Gasteiger partial charge in [0.25, 0.3) is 0 Å². The van der Waals surface area contributed by atoms with E-state index in [1.54, 1.807) is 15.9 Å². The highest BCUT2D eigenvalue weighted by Gasteiger charge is 2.24. The summed E-state index contributed by atoms with van der Waals surface area (Å²) in [6.45, 7) is 3.00. The van der Waals surface area contributed by atoms with Crippen LogP contribution < -0.4 is 10.2 Å². The van der Waals surface area contributed by atoms with Crippen LogP contribution in [-0.2, 0) is 6.54 Å². The number of nitrogens with one attached hydrogen (secondary N) is 1. The Labute approximate surface area is 139 Å². The van der Waals surface area contributed by atoms with E-state index < -0.39 is 0 Å². The van der Waals surface area contributed by atoms with Gasteiger partial charge in [-0.3, -0.25) is 0 Å². The Morgan fingerprint density at radius 2 is 2.00 bits per heavy atom. The second kappa shape index (κ2) is 5.88. The van der Waals surface area contributed by atoms with Crippen molar-refractivity contribution in [2.75, 3.05) is 12.0 Å². The lowest BCUT2D eigenvalue weighted by Gasteiger charge is -2.22. The molecule has 1 aromatic heterocycles. The van der Waals surface area contributed by atoms with Gasteiger partial charge in [-0.15, -0.1) is 0 Å². The highest BCUT2D eigenvalue weighted by molar-refractivity contribution is 5.85. The number of hydrogen-bond donors (Lipinski definition) is 1. The van der Waals surface area contributed by atoms with Crippen LogP contribution in [0.1, 0.15) is 12.5 Å². The summed E-state index contributed by atoms with van der Waals surface area (Å²) in [6, 6.07) is 15.3. The molecule has 0 saturated heterocycles. The predicted octanol–water partition coefficient (Wildman–Crippen LogP) is 2.98. The Kier molecular flexibility index (Phi) is 3.57. The summed E-state index contributed by atoms with van der Waals surface area (Å²) >= 11 is 0. The van der Waals surface area contributed by atoms with Crippen molar-refractivity contribution in [3.05, 3.63) is 60.4 Å². The van der Waals surface area contributed by atoms with E-state index in [0.717, 1.165) is 22.3 Å². The minimum Gasteiger partial charge on any atom is -0.489 e. The molecular weight excluding hydrogens is 304 g/mol. The summed E-state index contributed by atoms with van der Waals surface area (Å²) in [5.41, 5.74) is 5.62. The molecule has 24 heavy (non-hydrogen) atoms. The van der Waals surface area contributed by atoms with E-state index in [-0.39, 0.29) is 12.1 Å². The third kappa shape index (κ3) is 2.67. The van der Waals surface area contributed by atoms with Crippen LogP contribution in [0.4, 0.5) is 4.79 Å². The lowest BCUT2D eigenvalue weighted by atomic mass is 10.2. The molecule has 0 aliphatic carbocycles. The Bertz CT molecular complexity index is 889. The van der Waals surface area contributed by atoms with E-state index in [4.69, 9.17) is 4.74 Å². The van der Waals surface area contributed by atoms with Gasteiger partial charge in [-0.1, -0.05) is 30.3 Å². The molecule has 1 N–H and O–H groups in total. The summed E-state index contributed by atoms with van der Waals surface area (Å²) < 4.78 is 7.55. The fourth-order valence-electron chi connectivity index (χ4n) is 2.96. The fourth-order valence-corrected chi connectivity index (χ4v) is 2.96. The van der Waals surface area contributed by atoms with E-state index >= 15 is 0 Å². The summed E-state index contributed by atoms with van der Waals surface area (Å²) in [4.78, 5) is 18.8. The van der Waals surface area contributed by atoms with Gasteiger partial charge in [0.15, 0.2) is 0 Å². The van der Waals surface area contributed by atoms with Crippen LogP contribution >= 0.6 is 0 Å². The lowest BCUT2D eigenvalue weighted by Crippen LogP contribution is -2.41. The molecule has 0 fully saturated rings. The number of carbonyl (C=O) groups is 1. The van der Waals surface area contributed by atoms with Crippen LogP contribution in [0.5, 0.6) is 5.75 Å². The molecule has 0 saturated carbocycles. The molecule has 0 bridgehead atoms. The number of aromatic nitrogens is 2. The fraction of sp³-hybridized carbons (Fsp3) is 0.222. The first-order valence-electron chi connectivity index (χ1n) is 7.93. The molecule has 6 nitrogen and oxygen atoms in total. The highest BCUT2D eigenvalue weighted by Crippen LogP contribution is 2.24. The first-order valence-corrected chi connectivity index (χ1v) is 7.93. The first kappa shape index (κ1) is 14.6. The second-order valence-corrected chi connectivity index (χ2v) is 5.94. The summed E-state index contributed by atoms with van der Waals surface area (Å²) in [6.07, 6.45) is 1.55. The van der Waals surface area contributed by atoms with Gasteiger partial charge in [-0.05, 0) is 25.1 Å². The maximum Gasteiger partial charge on any atom is 0.336 e. The monoisotopic (exact) mass is 322 g/mol. The van der Waals surface area contributed by atoms with Crippen molar-refractivity contribution in [2.24, 2.45) is 0 Å². The highest BCUT2D eigenvalue weighted by atomic mass is 16.5. The number of nitrogens with zero attached hydrogens (tertiary/aromatic N) is 3. The Morgan fingerprint density at radius 1 is 1.21 bits per heavy atom. The molecule has 2 heterocycles. The van der Waals surface area contributed by atoms with Gasteiger partial charge in [0.1, 0.15) is 18.2 Å². The van der Waals surface area contributed by atoms with E-state index in [2.05, 4.69) is 10.4 Å². The van der Waals surface area contributed by atoms with Gasteiger partial charge in [0.2, 0.25) is 0 Å². The molecular formula is C18H18N4O2. The van der Waals surface area contributed by atoms with Crippen molar-refractivity contribution in [1.29, 1.82) is 0 Å². The molecule has 3 aromatic rings. The molecule has 1 unspecified atom stereocenters. The standard InChI is InChI=1S/C18H18N4O2/c1-13-10-21(11-14-6-2-5-9-17(14)24-13)18(23)20-22-12-19-15-7-3-4-8-16(15)22/h2-9,12-13H,10-11H2,1H3,(H,20,23). The van der Waals surface area contributed by atoms with Crippen molar-refractivity contribution in [2.45, 2.75) is 19.6 Å². The molecule has 1 atom stereocenters. The molecule has 1 aliphatic rings. The van der Waals surface area contributed by atoms with Crippen molar-refractivity contribution < 1.29 is 9.53 Å². The quantitative estimate of drug-likeness (QED) is 0.749. The van der Waals surface area contributed by atoms with Gasteiger partial charge >= 0.3 is 6.03 Å². The van der Waals surface area contributed by atoms with Gasteiger partial charge in [-0.25, -0.2) is 19.9 Å². The summed E-state index contributed by atoms with van der Waals surface area (Å²) in [7, 11) is 0. The van der Waals surface area contributed by atoms with Crippen LogP contribution in [0.3, 0.4) is 0 Å². The van der Waals surface area contributed by atoms with Crippen LogP contribution in [0, 0.1) is 0 Å². The van der Waals surface area contributed by atoms with Crippen molar-refractivity contribution >= 4 is 17.1 Å². The van der Waals surface area contributed by atoms with Gasteiger partial charge in [-0.2, -0.15) is 0 Å². The number of amides is 2. The number of benzene rings is 2. The SMILES string of the molecule is CC1CN(C(=O)Nn2cnc3ccccc32)Cc2ccccc2O1. The van der Waals surface area contributed by atoms with Crippen LogP contribution in [0.2, 0.25) is 0 Å². The Balaban J connectivity index is 1.58. The maximum absolute atomic E-state index is 12.7. The van der Waals surface area contributed by atoms with Crippen molar-refractivity contribution in [3.8, 4) is 5.75 Å². The number of ether oxygens (including phenoxy) is 1. The number of rotatable bonds is 1. The molecule has 6 heteroatoms. The number of carbonyl (C=O) groups excluding carboxylic acids is 1. The average molecular weight is 322 g/mol. The minimum atomic E-state index is -0.176. The zero-order chi connectivity index (χ0) is 16.5. The third-order valence-electron chi connectivity index (χ3n) is 4.10. The van der Waals surface area contributed by atoms with Crippen LogP contribution in [0.25, 0.3) is 11.0 Å². The smallest absolute Gasteiger partial charge is 0.336 e. The van der Waals surface area contributed by atoms with Gasteiger partial charge in [0.05, 0.1) is 24.1 Å². The number of fused-ring (bicyclic) bond motifs is 2. The van der Waals surface area contributed by atoms with Gasteiger partial charge < -0.3 is 9.64 Å². The molecule has 2 aromatic carbocycles. The van der Waals surface area contributed by atoms with Crippen LogP contribution in [0.15, 0.2) is 54.9 Å². The number of hydrogen-bond acceptors (Lipinski definition) is 3. The topological polar surface area (TPSA) is 59.4 Å². The van der Waals surface area contributed by atoms with E-state index in [0.29, 0.717) is 13.1 Å². The normalized spacial score (nSPS) is 17.0. The average Bonchev–Trinajstić information content (AvgIpc) is 2.90. The van der Waals surface area contributed by atoms with E-state index in [1.807, 2.05) is 55.5 Å².